The molecule has 134 valence electrons. The summed E-state index contributed by atoms with van der Waals surface area (Å²) in [6, 6.07) is 12.2. The zero-order valence-corrected chi connectivity index (χ0v) is 15.4. The minimum Gasteiger partial charge on any atom is -0.331 e. The van der Waals surface area contributed by atoms with Gasteiger partial charge in [0.2, 0.25) is 0 Å². The normalized spacial score (nSPS) is 16.5. The summed E-state index contributed by atoms with van der Waals surface area (Å²) in [6.45, 7) is 6.68. The summed E-state index contributed by atoms with van der Waals surface area (Å²) >= 11 is 0. The summed E-state index contributed by atoms with van der Waals surface area (Å²) < 4.78 is 0. The Morgan fingerprint density at radius 3 is 2.85 bits per heavy atom. The molecular formula is C21H24N4O. The second-order valence-electron chi connectivity index (χ2n) is 8.03. The molecule has 0 spiro atoms. The van der Waals surface area contributed by atoms with Crippen LogP contribution in [0.3, 0.4) is 0 Å². The number of carbonyl (C=O) groups excluding carboxylic acids is 1. The smallest absolute Gasteiger partial charge is 0.319 e. The zero-order chi connectivity index (χ0) is 18.3. The van der Waals surface area contributed by atoms with Gasteiger partial charge in [0.05, 0.1) is 17.8 Å². The van der Waals surface area contributed by atoms with Crippen molar-refractivity contribution in [3.05, 3.63) is 59.3 Å². The van der Waals surface area contributed by atoms with E-state index in [0.717, 1.165) is 29.4 Å². The summed E-state index contributed by atoms with van der Waals surface area (Å²) in [5.74, 6) is 0. The average Bonchev–Trinajstić information content (AvgIpc) is 3.20. The van der Waals surface area contributed by atoms with Crippen LogP contribution in [0.25, 0.3) is 10.9 Å². The van der Waals surface area contributed by atoms with Crippen LogP contribution < -0.4 is 10.6 Å². The minimum absolute atomic E-state index is 0.0664. The first-order valence-electron chi connectivity index (χ1n) is 9.04. The highest BCUT2D eigenvalue weighted by molar-refractivity contribution is 5.92. The number of amides is 2. The number of carbonyl (C=O) groups is 1. The maximum atomic E-state index is 12.4. The molecule has 1 aliphatic carbocycles. The molecule has 3 N–H and O–H groups in total. The standard InChI is InChI=1S/C21H24N4O/c1-21(2,3)15-5-7-17-13(10-15)4-8-19(17)24-20(26)23-16-6-9-18-14(11-16)12-22-25-18/h5-7,9-12,19H,4,8H2,1-3H3,(H,22,25)(H2,23,24,26)/t19-/m0/s1. The molecule has 0 radical (unpaired) electrons. The van der Waals surface area contributed by atoms with Crippen molar-refractivity contribution in [2.75, 3.05) is 5.32 Å². The molecule has 1 heterocycles. The third-order valence-electron chi connectivity index (χ3n) is 5.09. The van der Waals surface area contributed by atoms with Crippen LogP contribution >= 0.6 is 0 Å². The van der Waals surface area contributed by atoms with E-state index in [-0.39, 0.29) is 17.5 Å². The topological polar surface area (TPSA) is 69.8 Å². The van der Waals surface area contributed by atoms with Crippen LogP contribution in [0.15, 0.2) is 42.6 Å². The maximum Gasteiger partial charge on any atom is 0.319 e. The van der Waals surface area contributed by atoms with Crippen molar-refractivity contribution in [3.63, 3.8) is 0 Å². The molecule has 1 aromatic heterocycles. The highest BCUT2D eigenvalue weighted by Crippen LogP contribution is 2.34. The van der Waals surface area contributed by atoms with Gasteiger partial charge in [0.25, 0.3) is 0 Å². The maximum absolute atomic E-state index is 12.4. The Kier molecular flexibility index (Phi) is 3.94. The van der Waals surface area contributed by atoms with Gasteiger partial charge in [-0.15, -0.1) is 0 Å². The van der Waals surface area contributed by atoms with Gasteiger partial charge in [-0.3, -0.25) is 5.10 Å². The summed E-state index contributed by atoms with van der Waals surface area (Å²) in [5, 5.41) is 13.9. The lowest BCUT2D eigenvalue weighted by Gasteiger charge is -2.21. The molecule has 0 aliphatic heterocycles. The second-order valence-corrected chi connectivity index (χ2v) is 8.03. The lowest BCUT2D eigenvalue weighted by molar-refractivity contribution is 0.248. The lowest BCUT2D eigenvalue weighted by Crippen LogP contribution is -2.31. The lowest BCUT2D eigenvalue weighted by atomic mass is 9.85. The van der Waals surface area contributed by atoms with E-state index in [1.165, 1.54) is 16.7 Å². The van der Waals surface area contributed by atoms with Gasteiger partial charge in [-0.05, 0) is 53.1 Å². The minimum atomic E-state index is -0.175. The number of fused-ring (bicyclic) bond motifs is 2. The number of H-pyrrole nitrogens is 1. The van der Waals surface area contributed by atoms with Crippen molar-refractivity contribution < 1.29 is 4.79 Å². The molecule has 0 saturated heterocycles. The number of aromatic nitrogens is 2. The fourth-order valence-corrected chi connectivity index (χ4v) is 3.58. The Morgan fingerprint density at radius 1 is 1.19 bits per heavy atom. The summed E-state index contributed by atoms with van der Waals surface area (Å²) in [7, 11) is 0. The Bertz CT molecular complexity index is 968. The number of urea groups is 1. The molecule has 1 atom stereocenters. The van der Waals surface area contributed by atoms with Gasteiger partial charge in [0, 0.05) is 11.1 Å². The molecule has 4 rings (SSSR count). The fourth-order valence-electron chi connectivity index (χ4n) is 3.58. The van der Waals surface area contributed by atoms with Crippen LogP contribution in [0, 0.1) is 0 Å². The van der Waals surface area contributed by atoms with Gasteiger partial charge in [-0.25, -0.2) is 4.79 Å². The van der Waals surface area contributed by atoms with E-state index in [1.807, 2.05) is 18.2 Å². The molecule has 1 aliphatic rings. The number of nitrogens with zero attached hydrogens (tertiary/aromatic N) is 1. The molecule has 2 amide bonds. The Labute approximate surface area is 153 Å². The van der Waals surface area contributed by atoms with Gasteiger partial charge >= 0.3 is 6.03 Å². The van der Waals surface area contributed by atoms with Gasteiger partial charge in [-0.1, -0.05) is 39.0 Å². The predicted molar refractivity (Wildman–Crippen MR) is 104 cm³/mol. The monoisotopic (exact) mass is 348 g/mol. The van der Waals surface area contributed by atoms with Crippen LogP contribution in [0.1, 0.15) is 49.9 Å². The zero-order valence-electron chi connectivity index (χ0n) is 15.4. The van der Waals surface area contributed by atoms with E-state index >= 15 is 0 Å². The van der Waals surface area contributed by atoms with Gasteiger partial charge in [0.15, 0.2) is 0 Å². The molecule has 0 saturated carbocycles. The van der Waals surface area contributed by atoms with Gasteiger partial charge < -0.3 is 10.6 Å². The van der Waals surface area contributed by atoms with Crippen molar-refractivity contribution in [1.82, 2.24) is 15.5 Å². The van der Waals surface area contributed by atoms with E-state index in [2.05, 4.69) is 59.8 Å². The molecule has 5 nitrogen and oxygen atoms in total. The van der Waals surface area contributed by atoms with Crippen LogP contribution in [0.2, 0.25) is 0 Å². The first-order valence-corrected chi connectivity index (χ1v) is 9.04. The van der Waals surface area contributed by atoms with Crippen LogP contribution in [0.4, 0.5) is 10.5 Å². The molecule has 0 unspecified atom stereocenters. The number of rotatable bonds is 2. The van der Waals surface area contributed by atoms with Crippen LogP contribution in [-0.4, -0.2) is 16.2 Å². The van der Waals surface area contributed by atoms with E-state index < -0.39 is 0 Å². The van der Waals surface area contributed by atoms with Crippen LogP contribution in [-0.2, 0) is 11.8 Å². The van der Waals surface area contributed by atoms with Crippen molar-refractivity contribution >= 4 is 22.6 Å². The summed E-state index contributed by atoms with van der Waals surface area (Å²) in [6.07, 6.45) is 3.70. The van der Waals surface area contributed by atoms with E-state index in [9.17, 15) is 4.79 Å². The first kappa shape index (κ1) is 16.6. The summed E-state index contributed by atoms with van der Waals surface area (Å²) in [5.41, 5.74) is 5.78. The molecule has 3 aromatic rings. The number of anilines is 1. The number of benzene rings is 2. The highest BCUT2D eigenvalue weighted by atomic mass is 16.2. The molecule has 2 aromatic carbocycles. The average molecular weight is 348 g/mol. The largest absolute Gasteiger partial charge is 0.331 e. The van der Waals surface area contributed by atoms with Gasteiger partial charge in [0.1, 0.15) is 0 Å². The molecule has 26 heavy (non-hydrogen) atoms. The van der Waals surface area contributed by atoms with Crippen molar-refractivity contribution in [1.29, 1.82) is 0 Å². The molecule has 0 bridgehead atoms. The van der Waals surface area contributed by atoms with E-state index in [4.69, 9.17) is 0 Å². The number of hydrogen-bond acceptors (Lipinski definition) is 2. The van der Waals surface area contributed by atoms with Gasteiger partial charge in [-0.2, -0.15) is 5.10 Å². The Hall–Kier alpha value is -2.82. The second kappa shape index (κ2) is 6.16. The quantitative estimate of drug-likeness (QED) is 0.630. The van der Waals surface area contributed by atoms with Crippen molar-refractivity contribution in [3.8, 4) is 0 Å². The third-order valence-corrected chi connectivity index (χ3v) is 5.09. The molecule has 0 fully saturated rings. The van der Waals surface area contributed by atoms with Crippen molar-refractivity contribution in [2.45, 2.75) is 45.1 Å². The van der Waals surface area contributed by atoms with Crippen molar-refractivity contribution in [2.24, 2.45) is 0 Å². The molecule has 5 heteroatoms. The van der Waals surface area contributed by atoms with E-state index in [1.54, 1.807) is 6.20 Å². The Balaban J connectivity index is 1.46. The number of hydrogen-bond donors (Lipinski definition) is 3. The molecular weight excluding hydrogens is 324 g/mol. The third kappa shape index (κ3) is 3.17. The number of aromatic amines is 1. The number of aryl methyl sites for hydroxylation is 1. The number of nitrogens with one attached hydrogen (secondary N) is 3. The first-order chi connectivity index (χ1) is 12.4. The highest BCUT2D eigenvalue weighted by Gasteiger charge is 2.25. The van der Waals surface area contributed by atoms with E-state index in [0.29, 0.717) is 0 Å². The van der Waals surface area contributed by atoms with Crippen LogP contribution in [0.5, 0.6) is 0 Å². The fraction of sp³-hybridized carbons (Fsp3) is 0.333. The predicted octanol–water partition coefficient (Wildman–Crippen LogP) is 4.67. The summed E-state index contributed by atoms with van der Waals surface area (Å²) in [4.78, 5) is 12.4. The SMILES string of the molecule is CC(C)(C)c1ccc2c(c1)CC[C@@H]2NC(=O)Nc1ccc2[nH]ncc2c1. The Morgan fingerprint density at radius 2 is 2.04 bits per heavy atom.